The van der Waals surface area contributed by atoms with Crippen LogP contribution in [0.15, 0.2) is 65.6 Å². The first-order chi connectivity index (χ1) is 16.1. The van der Waals surface area contributed by atoms with Gasteiger partial charge in [-0.1, -0.05) is 12.1 Å². The van der Waals surface area contributed by atoms with E-state index in [1.54, 1.807) is 12.1 Å². The van der Waals surface area contributed by atoms with Gasteiger partial charge in [0.05, 0.1) is 24.7 Å². The molecule has 11 heteroatoms. The van der Waals surface area contributed by atoms with Crippen molar-refractivity contribution in [3.05, 3.63) is 77.4 Å². The van der Waals surface area contributed by atoms with Crippen molar-refractivity contribution in [3.8, 4) is 17.2 Å². The first-order valence-corrected chi connectivity index (χ1v) is 11.4. The predicted octanol–water partition coefficient (Wildman–Crippen LogP) is 2.24. The third-order valence-electron chi connectivity index (χ3n) is 4.79. The molecule has 0 aromatic heterocycles. The number of rotatable bonds is 8. The molecule has 0 atom stereocenters. The summed E-state index contributed by atoms with van der Waals surface area (Å²) in [6.45, 7) is -0.0121. The molecule has 3 aromatic rings. The Balaban J connectivity index is 1.75. The second-order valence-corrected chi connectivity index (χ2v) is 8.72. The van der Waals surface area contributed by atoms with Crippen molar-refractivity contribution in [1.82, 2.24) is 5.32 Å². The number of hydrogen-bond donors (Lipinski definition) is 4. The lowest BCUT2D eigenvalue weighted by molar-refractivity contribution is 0.0946. The van der Waals surface area contributed by atoms with Crippen molar-refractivity contribution in [3.63, 3.8) is 0 Å². The van der Waals surface area contributed by atoms with Gasteiger partial charge in [0, 0.05) is 23.9 Å². The van der Waals surface area contributed by atoms with E-state index >= 15 is 0 Å². The van der Waals surface area contributed by atoms with Crippen LogP contribution in [0.3, 0.4) is 0 Å². The highest BCUT2D eigenvalue weighted by atomic mass is 32.2. The van der Waals surface area contributed by atoms with Gasteiger partial charge in [0.15, 0.2) is 0 Å². The molecule has 0 radical (unpaired) electrons. The van der Waals surface area contributed by atoms with Crippen LogP contribution >= 0.6 is 0 Å². The van der Waals surface area contributed by atoms with Gasteiger partial charge in [0.1, 0.15) is 17.2 Å². The summed E-state index contributed by atoms with van der Waals surface area (Å²) in [6.07, 6.45) is 0. The number of hydrogen-bond acceptors (Lipinski definition) is 7. The van der Waals surface area contributed by atoms with Crippen molar-refractivity contribution in [2.45, 2.75) is 11.4 Å². The van der Waals surface area contributed by atoms with Crippen LogP contribution in [0.5, 0.6) is 17.2 Å². The zero-order valence-corrected chi connectivity index (χ0v) is 19.2. The van der Waals surface area contributed by atoms with Gasteiger partial charge in [-0.15, -0.1) is 0 Å². The van der Waals surface area contributed by atoms with E-state index < -0.39 is 21.8 Å². The van der Waals surface area contributed by atoms with Crippen LogP contribution in [0.2, 0.25) is 0 Å². The highest BCUT2D eigenvalue weighted by Gasteiger charge is 2.15. The summed E-state index contributed by atoms with van der Waals surface area (Å²) in [6, 6.07) is 14.5. The van der Waals surface area contributed by atoms with E-state index in [2.05, 4.69) is 10.6 Å². The van der Waals surface area contributed by atoms with E-state index in [0.29, 0.717) is 17.1 Å². The number of methoxy groups -OCH3 is 2. The molecular weight excluding hydrogens is 462 g/mol. The average molecular weight is 486 g/mol. The van der Waals surface area contributed by atoms with Gasteiger partial charge in [-0.3, -0.25) is 9.59 Å². The van der Waals surface area contributed by atoms with Crippen LogP contribution in [0.25, 0.3) is 0 Å². The Morgan fingerprint density at radius 1 is 0.941 bits per heavy atom. The summed E-state index contributed by atoms with van der Waals surface area (Å²) >= 11 is 0. The number of phenolic OH excluding ortho intramolecular Hbond substituents is 1. The molecular formula is C23H23N3O7S. The predicted molar refractivity (Wildman–Crippen MR) is 125 cm³/mol. The number of aromatic hydroxyl groups is 1. The van der Waals surface area contributed by atoms with Crippen LogP contribution in [-0.4, -0.2) is 39.6 Å². The zero-order valence-electron chi connectivity index (χ0n) is 18.4. The fraction of sp³-hybridized carbons (Fsp3) is 0.130. The monoisotopic (exact) mass is 485 g/mol. The molecule has 0 aliphatic carbocycles. The van der Waals surface area contributed by atoms with Gasteiger partial charge < -0.3 is 25.2 Å². The highest BCUT2D eigenvalue weighted by molar-refractivity contribution is 7.89. The molecule has 0 heterocycles. The number of nitrogens with one attached hydrogen (secondary N) is 2. The number of carbonyl (C=O) groups is 2. The Morgan fingerprint density at radius 3 is 2.24 bits per heavy atom. The smallest absolute Gasteiger partial charge is 0.255 e. The number of carbonyl (C=O) groups excluding carboxylic acids is 2. The Hall–Kier alpha value is -4.09. The maximum absolute atomic E-state index is 12.7. The number of ether oxygens (including phenoxy) is 2. The van der Waals surface area contributed by atoms with E-state index in [-0.39, 0.29) is 34.0 Å². The van der Waals surface area contributed by atoms with E-state index in [9.17, 15) is 23.1 Å². The molecule has 3 rings (SSSR count). The molecule has 0 unspecified atom stereocenters. The van der Waals surface area contributed by atoms with Crippen LogP contribution in [0.4, 0.5) is 5.69 Å². The topological polar surface area (TPSA) is 157 Å². The van der Waals surface area contributed by atoms with E-state index in [1.807, 2.05) is 0 Å². The SMILES string of the molecule is COc1cc(OC)cc(C(=O)Nc2ccc(O)c(C(=O)NCc3cccc(S(N)(=O)=O)c3)c2)c1. The summed E-state index contributed by atoms with van der Waals surface area (Å²) < 4.78 is 33.3. The molecule has 0 spiro atoms. The Morgan fingerprint density at radius 2 is 1.62 bits per heavy atom. The third-order valence-corrected chi connectivity index (χ3v) is 5.70. The van der Waals surface area contributed by atoms with Crippen LogP contribution < -0.4 is 25.2 Å². The molecule has 2 amide bonds. The number of amides is 2. The van der Waals surface area contributed by atoms with E-state index in [1.165, 1.54) is 62.8 Å². The highest BCUT2D eigenvalue weighted by Crippen LogP contribution is 2.25. The second-order valence-electron chi connectivity index (χ2n) is 7.16. The Labute approximate surface area is 196 Å². The average Bonchev–Trinajstić information content (AvgIpc) is 2.82. The van der Waals surface area contributed by atoms with Crippen molar-refractivity contribution >= 4 is 27.5 Å². The number of primary sulfonamides is 1. The van der Waals surface area contributed by atoms with Crippen molar-refractivity contribution in [2.24, 2.45) is 5.14 Å². The fourth-order valence-electron chi connectivity index (χ4n) is 3.05. The molecule has 10 nitrogen and oxygen atoms in total. The summed E-state index contributed by atoms with van der Waals surface area (Å²) in [7, 11) is -0.951. The molecule has 0 aliphatic rings. The maximum Gasteiger partial charge on any atom is 0.255 e. The summed E-state index contributed by atoms with van der Waals surface area (Å²) in [5, 5.41) is 20.5. The van der Waals surface area contributed by atoms with Gasteiger partial charge in [0.2, 0.25) is 10.0 Å². The number of anilines is 1. The van der Waals surface area contributed by atoms with Crippen molar-refractivity contribution in [2.75, 3.05) is 19.5 Å². The first kappa shape index (κ1) is 24.6. The molecule has 34 heavy (non-hydrogen) atoms. The molecule has 5 N–H and O–H groups in total. The largest absolute Gasteiger partial charge is 0.507 e. The molecule has 0 aliphatic heterocycles. The molecule has 3 aromatic carbocycles. The van der Waals surface area contributed by atoms with Crippen LogP contribution in [-0.2, 0) is 16.6 Å². The maximum atomic E-state index is 12.7. The van der Waals surface area contributed by atoms with Gasteiger partial charge in [-0.25, -0.2) is 13.6 Å². The lowest BCUT2D eigenvalue weighted by atomic mass is 10.1. The quantitative estimate of drug-likeness (QED) is 0.356. The summed E-state index contributed by atoms with van der Waals surface area (Å²) in [5.41, 5.74) is 0.954. The van der Waals surface area contributed by atoms with E-state index in [0.717, 1.165) is 0 Å². The molecule has 0 saturated heterocycles. The van der Waals surface area contributed by atoms with Gasteiger partial charge in [0.25, 0.3) is 11.8 Å². The number of sulfonamides is 1. The van der Waals surface area contributed by atoms with Gasteiger partial charge in [-0.05, 0) is 48.0 Å². The molecule has 0 bridgehead atoms. The van der Waals surface area contributed by atoms with Crippen LogP contribution in [0.1, 0.15) is 26.3 Å². The molecule has 178 valence electrons. The van der Waals surface area contributed by atoms with E-state index in [4.69, 9.17) is 14.6 Å². The lowest BCUT2D eigenvalue weighted by Gasteiger charge is -2.12. The number of nitrogens with two attached hydrogens (primary N) is 1. The Bertz CT molecular complexity index is 1320. The minimum absolute atomic E-state index is 0.0121. The third kappa shape index (κ3) is 6.03. The minimum atomic E-state index is -3.88. The zero-order chi connectivity index (χ0) is 24.9. The number of phenols is 1. The minimum Gasteiger partial charge on any atom is -0.507 e. The first-order valence-electron chi connectivity index (χ1n) is 9.88. The lowest BCUT2D eigenvalue weighted by Crippen LogP contribution is -2.23. The van der Waals surface area contributed by atoms with Crippen molar-refractivity contribution in [1.29, 1.82) is 0 Å². The molecule has 0 saturated carbocycles. The van der Waals surface area contributed by atoms with Crippen molar-refractivity contribution < 1.29 is 32.6 Å². The normalized spacial score (nSPS) is 10.9. The number of benzene rings is 3. The standard InChI is InChI=1S/C23H23N3O7S/c1-32-17-9-15(10-18(12-17)33-2)22(28)26-16-6-7-21(27)20(11-16)23(29)25-13-14-4-3-5-19(8-14)34(24,30)31/h3-12,27H,13H2,1-2H3,(H,25,29)(H,26,28)(H2,24,30,31). The van der Waals surface area contributed by atoms with Crippen LogP contribution in [0, 0.1) is 0 Å². The Kier molecular flexibility index (Phi) is 7.39. The van der Waals surface area contributed by atoms with Gasteiger partial charge >= 0.3 is 0 Å². The fourth-order valence-corrected chi connectivity index (χ4v) is 3.63. The second kappa shape index (κ2) is 10.2. The molecule has 0 fully saturated rings. The summed E-state index contributed by atoms with van der Waals surface area (Å²) in [5.74, 6) is -0.535. The van der Waals surface area contributed by atoms with Gasteiger partial charge in [-0.2, -0.15) is 0 Å². The summed E-state index contributed by atoms with van der Waals surface area (Å²) in [4.78, 5) is 25.2.